The van der Waals surface area contributed by atoms with Crippen LogP contribution in [0.2, 0.25) is 0 Å². The molecule has 88 valence electrons. The van der Waals surface area contributed by atoms with E-state index in [1.165, 1.54) is 13.8 Å². The fourth-order valence-electron chi connectivity index (χ4n) is 1.51. The molecule has 0 aliphatic carbocycles. The summed E-state index contributed by atoms with van der Waals surface area (Å²) in [6.45, 7) is 2.60. The first-order valence-electron chi connectivity index (χ1n) is 4.82. The Bertz CT molecular complexity index is 575. The molecule has 2 heterocycles. The second-order valence-electron chi connectivity index (χ2n) is 3.46. The summed E-state index contributed by atoms with van der Waals surface area (Å²) in [4.78, 5) is 41.3. The van der Waals surface area contributed by atoms with Gasteiger partial charge in [0, 0.05) is 13.8 Å². The van der Waals surface area contributed by atoms with E-state index in [0.717, 1.165) is 4.90 Å². The lowest BCUT2D eigenvalue weighted by atomic mass is 10.3. The van der Waals surface area contributed by atoms with Gasteiger partial charge in [-0.25, -0.2) is 9.88 Å². The van der Waals surface area contributed by atoms with E-state index in [-0.39, 0.29) is 18.2 Å². The summed E-state index contributed by atoms with van der Waals surface area (Å²) in [5.74, 6) is -1.14. The van der Waals surface area contributed by atoms with Crippen molar-refractivity contribution in [1.82, 2.24) is 9.97 Å². The monoisotopic (exact) mass is 235 g/mol. The Balaban J connectivity index is 2.55. The van der Waals surface area contributed by atoms with Crippen molar-refractivity contribution in [2.75, 3.05) is 4.90 Å². The number of amides is 2. The molecule has 1 aromatic rings. The Morgan fingerprint density at radius 2 is 1.94 bits per heavy atom. The molecule has 0 bridgehead atoms. The van der Waals surface area contributed by atoms with Crippen molar-refractivity contribution >= 4 is 23.5 Å². The number of hydrogen-bond donors (Lipinski definition) is 1. The number of aromatic amines is 1. The first-order valence-corrected chi connectivity index (χ1v) is 4.82. The van der Waals surface area contributed by atoms with Gasteiger partial charge in [-0.3, -0.25) is 19.4 Å². The van der Waals surface area contributed by atoms with Gasteiger partial charge in [-0.2, -0.15) is 5.11 Å². The minimum Gasteiger partial charge on any atom is -0.290 e. The third kappa shape index (κ3) is 1.84. The first kappa shape index (κ1) is 11.1. The molecular formula is C9H9N5O3. The van der Waals surface area contributed by atoms with Gasteiger partial charge in [-0.15, -0.1) is 5.11 Å². The fourth-order valence-corrected chi connectivity index (χ4v) is 1.51. The Morgan fingerprint density at radius 3 is 2.53 bits per heavy atom. The van der Waals surface area contributed by atoms with Crippen LogP contribution in [-0.4, -0.2) is 21.8 Å². The second kappa shape index (κ2) is 3.89. The largest absolute Gasteiger partial charge is 0.290 e. The lowest BCUT2D eigenvalue weighted by Gasteiger charge is -2.15. The molecule has 0 saturated carbocycles. The molecule has 8 nitrogen and oxygen atoms in total. The van der Waals surface area contributed by atoms with E-state index in [2.05, 4.69) is 20.2 Å². The summed E-state index contributed by atoms with van der Waals surface area (Å²) in [5.41, 5.74) is -0.0317. The van der Waals surface area contributed by atoms with Crippen LogP contribution in [0.15, 0.2) is 15.0 Å². The molecule has 0 saturated heterocycles. The number of carbonyl (C=O) groups is 2. The summed E-state index contributed by atoms with van der Waals surface area (Å²) in [6.07, 6.45) is 0. The molecule has 0 atom stereocenters. The summed E-state index contributed by atoms with van der Waals surface area (Å²) >= 11 is 0. The lowest BCUT2D eigenvalue weighted by molar-refractivity contribution is -0.124. The molecule has 1 aromatic heterocycles. The van der Waals surface area contributed by atoms with Gasteiger partial charge in [-0.1, -0.05) is 0 Å². The van der Waals surface area contributed by atoms with Gasteiger partial charge < -0.3 is 0 Å². The fraction of sp³-hybridized carbons (Fsp3) is 0.333. The average molecular weight is 235 g/mol. The van der Waals surface area contributed by atoms with Gasteiger partial charge in [0.2, 0.25) is 17.8 Å². The number of carbonyl (C=O) groups excluding carboxylic acids is 2. The molecule has 2 rings (SSSR count). The molecule has 8 heteroatoms. The molecule has 1 N–H and O–H groups in total. The van der Waals surface area contributed by atoms with E-state index in [0.29, 0.717) is 5.69 Å². The standard InChI is InChI=1S/C9H9N5O3/c1-4(15)14(5(2)16)9-11-6-3-10-13-7(6)8(17)12-9/h3H2,1-2H3,(H,11,12,17). The maximum absolute atomic E-state index is 11.6. The number of aromatic nitrogens is 2. The zero-order chi connectivity index (χ0) is 12.6. The highest BCUT2D eigenvalue weighted by Gasteiger charge is 2.23. The highest BCUT2D eigenvalue weighted by molar-refractivity contribution is 6.11. The molecule has 0 radical (unpaired) electrons. The maximum Gasteiger partial charge on any atom is 0.280 e. The van der Waals surface area contributed by atoms with Crippen LogP contribution in [-0.2, 0) is 16.1 Å². The van der Waals surface area contributed by atoms with E-state index in [9.17, 15) is 14.4 Å². The quantitative estimate of drug-likeness (QED) is 0.753. The highest BCUT2D eigenvalue weighted by atomic mass is 16.2. The van der Waals surface area contributed by atoms with Crippen molar-refractivity contribution in [2.24, 2.45) is 10.2 Å². The summed E-state index contributed by atoms with van der Waals surface area (Å²) < 4.78 is 0. The molecule has 1 aliphatic heterocycles. The van der Waals surface area contributed by atoms with Crippen LogP contribution in [0.1, 0.15) is 19.5 Å². The van der Waals surface area contributed by atoms with Crippen molar-refractivity contribution in [3.8, 4) is 0 Å². The summed E-state index contributed by atoms with van der Waals surface area (Å²) in [7, 11) is 0. The smallest absolute Gasteiger partial charge is 0.280 e. The number of imide groups is 1. The zero-order valence-corrected chi connectivity index (χ0v) is 9.22. The van der Waals surface area contributed by atoms with E-state index < -0.39 is 17.4 Å². The van der Waals surface area contributed by atoms with Crippen LogP contribution in [0.5, 0.6) is 0 Å². The zero-order valence-electron chi connectivity index (χ0n) is 9.22. The second-order valence-corrected chi connectivity index (χ2v) is 3.46. The SMILES string of the molecule is CC(=O)N(C(C)=O)c1nc2c(c(=O)[nH]1)N=NC2. The Labute approximate surface area is 95.4 Å². The Kier molecular flexibility index (Phi) is 2.54. The van der Waals surface area contributed by atoms with Crippen LogP contribution in [0.3, 0.4) is 0 Å². The van der Waals surface area contributed by atoms with Gasteiger partial charge in [0.15, 0.2) is 5.69 Å². The third-order valence-electron chi connectivity index (χ3n) is 2.19. The van der Waals surface area contributed by atoms with Crippen LogP contribution < -0.4 is 10.5 Å². The van der Waals surface area contributed by atoms with Crippen LogP contribution in [0.25, 0.3) is 0 Å². The Hall–Kier alpha value is -2.38. The molecule has 0 spiro atoms. The van der Waals surface area contributed by atoms with Gasteiger partial charge >= 0.3 is 0 Å². The minimum atomic E-state index is -0.521. The van der Waals surface area contributed by atoms with Gasteiger partial charge in [0.1, 0.15) is 12.2 Å². The number of H-pyrrole nitrogens is 1. The topological polar surface area (TPSA) is 108 Å². The molecule has 0 unspecified atom stereocenters. The summed E-state index contributed by atoms with van der Waals surface area (Å²) in [5, 5.41) is 7.28. The molecule has 0 fully saturated rings. The number of nitrogens with zero attached hydrogens (tertiary/aromatic N) is 4. The van der Waals surface area contributed by atoms with Gasteiger partial charge in [-0.05, 0) is 0 Å². The van der Waals surface area contributed by atoms with Crippen molar-refractivity contribution in [2.45, 2.75) is 20.4 Å². The number of anilines is 1. The highest BCUT2D eigenvalue weighted by Crippen LogP contribution is 2.21. The predicted octanol–water partition coefficient (Wildman–Crippen LogP) is 0.267. The van der Waals surface area contributed by atoms with E-state index in [1.807, 2.05) is 0 Å². The van der Waals surface area contributed by atoms with Gasteiger partial charge in [0.05, 0.1) is 0 Å². The van der Waals surface area contributed by atoms with Crippen LogP contribution >= 0.6 is 0 Å². The van der Waals surface area contributed by atoms with Crippen LogP contribution in [0, 0.1) is 0 Å². The molecular weight excluding hydrogens is 226 g/mol. The van der Waals surface area contributed by atoms with E-state index in [4.69, 9.17) is 0 Å². The minimum absolute atomic E-state index is 0.0962. The predicted molar refractivity (Wildman–Crippen MR) is 56.9 cm³/mol. The van der Waals surface area contributed by atoms with E-state index >= 15 is 0 Å². The maximum atomic E-state index is 11.6. The normalized spacial score (nSPS) is 12.4. The molecule has 0 aromatic carbocycles. The van der Waals surface area contributed by atoms with Crippen molar-refractivity contribution < 1.29 is 9.59 Å². The number of hydrogen-bond acceptors (Lipinski definition) is 6. The number of nitrogens with one attached hydrogen (secondary N) is 1. The Morgan fingerprint density at radius 1 is 1.29 bits per heavy atom. The van der Waals surface area contributed by atoms with E-state index in [1.54, 1.807) is 0 Å². The number of fused-ring (bicyclic) bond motifs is 1. The van der Waals surface area contributed by atoms with Crippen molar-refractivity contribution in [3.05, 3.63) is 16.0 Å². The lowest BCUT2D eigenvalue weighted by Crippen LogP contribution is -2.36. The third-order valence-corrected chi connectivity index (χ3v) is 2.19. The van der Waals surface area contributed by atoms with Crippen molar-refractivity contribution in [3.63, 3.8) is 0 Å². The number of azo groups is 1. The molecule has 1 aliphatic rings. The van der Waals surface area contributed by atoms with Crippen LogP contribution in [0.4, 0.5) is 11.6 Å². The van der Waals surface area contributed by atoms with Gasteiger partial charge in [0.25, 0.3) is 5.56 Å². The first-order chi connectivity index (χ1) is 8.00. The molecule has 2 amide bonds. The summed E-state index contributed by atoms with van der Waals surface area (Å²) in [6, 6.07) is 0. The average Bonchev–Trinajstić information content (AvgIpc) is 2.64. The van der Waals surface area contributed by atoms with Crippen molar-refractivity contribution in [1.29, 1.82) is 0 Å². The number of rotatable bonds is 1. The molecule has 17 heavy (non-hydrogen) atoms.